The van der Waals surface area contributed by atoms with Crippen molar-refractivity contribution in [3.63, 3.8) is 0 Å². The van der Waals surface area contributed by atoms with Crippen LogP contribution in [0, 0.1) is 18.8 Å². The fourth-order valence-electron chi connectivity index (χ4n) is 6.35. The zero-order chi connectivity index (χ0) is 48.5. The molecule has 2 aromatic carbocycles. The number of aliphatic hydroxyl groups is 1. The molecule has 0 spiro atoms. The fourth-order valence-corrected chi connectivity index (χ4v) is 6.35. The standard InChI is InChI=1S/C47H53N5O14/c1-9-29-19-34(33(20-31(29)22-53)32-16-17-35(41(55)49-21-28-10-11-28)50-39(32)42(56)61-23-37-25(4)62-46(60)65-37)36(54)18-27-12-14-30(15-13-27)40(48)52-44(58)64-26(5)63-43(57)38(24(2)3)51-45(59)66-47(6,7)8/h9,12-17,19-20,24,26,28,38,53H,1,10-11,18,21-23H2,2-8H3,(H,49,55)(H,51,59)(H2,48,52,58)/t26?,38-/m0/s1. The van der Waals surface area contributed by atoms with Gasteiger partial charge in [0.2, 0.25) is 6.29 Å². The van der Waals surface area contributed by atoms with E-state index in [1.807, 2.05) is 0 Å². The van der Waals surface area contributed by atoms with Crippen molar-refractivity contribution in [3.05, 3.63) is 116 Å². The van der Waals surface area contributed by atoms with Crippen molar-refractivity contribution in [1.82, 2.24) is 15.6 Å². The molecule has 1 saturated carbocycles. The first-order chi connectivity index (χ1) is 31.2. The van der Waals surface area contributed by atoms with Gasteiger partial charge in [-0.25, -0.2) is 29.0 Å². The molecule has 4 aromatic rings. The summed E-state index contributed by atoms with van der Waals surface area (Å²) in [6.45, 7) is 14.4. The zero-order valence-electron chi connectivity index (χ0n) is 37.7. The number of amides is 3. The van der Waals surface area contributed by atoms with Crippen LogP contribution in [0.15, 0.2) is 73.7 Å². The lowest BCUT2D eigenvalue weighted by molar-refractivity contribution is -0.168. The molecule has 350 valence electrons. The fraction of sp³-hybridized carbons (Fsp3) is 0.383. The van der Waals surface area contributed by atoms with Crippen molar-refractivity contribution >= 4 is 47.7 Å². The van der Waals surface area contributed by atoms with Crippen LogP contribution in [-0.4, -0.2) is 76.2 Å². The monoisotopic (exact) mass is 911 g/mol. The van der Waals surface area contributed by atoms with Gasteiger partial charge in [-0.15, -0.1) is 0 Å². The highest BCUT2D eigenvalue weighted by atomic mass is 16.7. The summed E-state index contributed by atoms with van der Waals surface area (Å²) >= 11 is 0. The Morgan fingerprint density at radius 2 is 1.70 bits per heavy atom. The van der Waals surface area contributed by atoms with Gasteiger partial charge in [0.05, 0.1) is 6.61 Å². The molecule has 0 saturated heterocycles. The Balaban J connectivity index is 1.35. The van der Waals surface area contributed by atoms with Gasteiger partial charge >= 0.3 is 29.9 Å². The van der Waals surface area contributed by atoms with Gasteiger partial charge in [0, 0.05) is 36.6 Å². The maximum Gasteiger partial charge on any atom is 0.519 e. The number of Topliss-reactive ketones (excluding diaryl/α,β-unsaturated/α-hetero) is 1. The summed E-state index contributed by atoms with van der Waals surface area (Å²) in [6.07, 6.45) is -0.139. The molecule has 19 heteroatoms. The van der Waals surface area contributed by atoms with E-state index in [1.54, 1.807) is 46.8 Å². The number of aliphatic imine (C=N–C) groups is 1. The molecular formula is C47H53N5O14. The van der Waals surface area contributed by atoms with Crippen molar-refractivity contribution in [1.29, 1.82) is 0 Å². The molecule has 66 heavy (non-hydrogen) atoms. The van der Waals surface area contributed by atoms with E-state index in [0.29, 0.717) is 29.2 Å². The van der Waals surface area contributed by atoms with Crippen molar-refractivity contribution in [2.45, 2.75) is 98.9 Å². The highest BCUT2D eigenvalue weighted by Crippen LogP contribution is 2.33. The van der Waals surface area contributed by atoms with Crippen molar-refractivity contribution < 1.29 is 61.7 Å². The molecule has 0 bridgehead atoms. The number of rotatable bonds is 18. The van der Waals surface area contributed by atoms with E-state index in [0.717, 1.165) is 12.8 Å². The predicted molar refractivity (Wildman–Crippen MR) is 237 cm³/mol. The number of alkyl carbamates (subject to hydrolysis) is 1. The molecule has 1 unspecified atom stereocenters. The Morgan fingerprint density at radius 1 is 1.00 bits per heavy atom. The third kappa shape index (κ3) is 13.6. The molecule has 0 radical (unpaired) electrons. The van der Waals surface area contributed by atoms with Crippen molar-refractivity contribution in [3.8, 4) is 11.1 Å². The molecule has 19 nitrogen and oxygen atoms in total. The van der Waals surface area contributed by atoms with Gasteiger partial charge in [-0.3, -0.25) is 9.59 Å². The van der Waals surface area contributed by atoms with Crippen LogP contribution in [-0.2, 0) is 43.4 Å². The number of aliphatic hydroxyl groups excluding tert-OH is 1. The van der Waals surface area contributed by atoms with Crippen LogP contribution in [0.2, 0.25) is 0 Å². The van der Waals surface area contributed by atoms with Crippen LogP contribution in [0.5, 0.6) is 0 Å². The van der Waals surface area contributed by atoms with Gasteiger partial charge in [0.25, 0.3) is 5.91 Å². The van der Waals surface area contributed by atoms with Gasteiger partial charge in [0.1, 0.15) is 23.2 Å². The van der Waals surface area contributed by atoms with Crippen LogP contribution in [0.1, 0.15) is 119 Å². The largest absolute Gasteiger partial charge is 0.519 e. The highest BCUT2D eigenvalue weighted by molar-refractivity contribution is 6.07. The van der Waals surface area contributed by atoms with Crippen LogP contribution < -0.4 is 22.2 Å². The minimum Gasteiger partial charge on any atom is -0.453 e. The quantitative estimate of drug-likeness (QED) is 0.0224. The summed E-state index contributed by atoms with van der Waals surface area (Å²) < 4.78 is 30.9. The molecule has 5 rings (SSSR count). The Kier molecular flexibility index (Phi) is 16.2. The minimum atomic E-state index is -1.41. The van der Waals surface area contributed by atoms with E-state index < -0.39 is 78.7 Å². The number of amidine groups is 1. The topological polar surface area (TPSA) is 278 Å². The molecule has 1 fully saturated rings. The number of aromatic nitrogens is 1. The average molecular weight is 912 g/mol. The lowest BCUT2D eigenvalue weighted by atomic mass is 9.89. The van der Waals surface area contributed by atoms with Crippen molar-refractivity contribution in [2.75, 3.05) is 6.54 Å². The molecule has 2 atom stereocenters. The highest BCUT2D eigenvalue weighted by Gasteiger charge is 2.31. The van der Waals surface area contributed by atoms with Gasteiger partial charge in [-0.1, -0.05) is 50.8 Å². The summed E-state index contributed by atoms with van der Waals surface area (Å²) in [5, 5.41) is 15.6. The van der Waals surface area contributed by atoms with Crippen LogP contribution in [0.4, 0.5) is 9.59 Å². The normalized spacial score (nSPS) is 13.6. The van der Waals surface area contributed by atoms with Crippen LogP contribution in [0.25, 0.3) is 17.2 Å². The second-order valence-corrected chi connectivity index (χ2v) is 16.8. The summed E-state index contributed by atoms with van der Waals surface area (Å²) in [4.78, 5) is 98.7. The van der Waals surface area contributed by atoms with Crippen molar-refractivity contribution in [2.24, 2.45) is 22.6 Å². The number of nitrogens with zero attached hydrogens (tertiary/aromatic N) is 2. The number of aryl methyl sites for hydroxylation is 1. The molecular weight excluding hydrogens is 859 g/mol. The Morgan fingerprint density at radius 3 is 2.29 bits per heavy atom. The SMILES string of the molecule is C=Cc1cc(C(=O)Cc2ccc(C(N)=NC(=O)OC(C)OC(=O)[C@@H](NC(=O)OC(C)(C)C)C(C)C)cc2)c(-c2ccc(C(=O)NCC3CC3)nc2C(=O)OCc2oc(=O)oc2C)cc1CO. The summed E-state index contributed by atoms with van der Waals surface area (Å²) in [6, 6.07) is 11.0. The number of ketones is 1. The Labute approximate surface area is 379 Å². The molecule has 1 aliphatic carbocycles. The summed E-state index contributed by atoms with van der Waals surface area (Å²) in [5.74, 6) is -4.05. The smallest absolute Gasteiger partial charge is 0.453 e. The lowest BCUT2D eigenvalue weighted by Gasteiger charge is -2.25. The minimum absolute atomic E-state index is 0.0409. The number of hydrogen-bond acceptors (Lipinski definition) is 15. The van der Waals surface area contributed by atoms with E-state index in [1.165, 1.54) is 56.3 Å². The van der Waals surface area contributed by atoms with E-state index >= 15 is 0 Å². The maximum atomic E-state index is 14.2. The maximum absolute atomic E-state index is 14.2. The number of pyridine rings is 1. The third-order valence-corrected chi connectivity index (χ3v) is 9.97. The number of carbonyl (C=O) groups is 6. The number of hydrogen-bond donors (Lipinski definition) is 4. The van der Waals surface area contributed by atoms with Crippen LogP contribution in [0.3, 0.4) is 0 Å². The van der Waals surface area contributed by atoms with Gasteiger partial charge in [-0.2, -0.15) is 4.99 Å². The first kappa shape index (κ1) is 49.6. The summed E-state index contributed by atoms with van der Waals surface area (Å²) in [5.41, 5.74) is 6.90. The number of nitrogens with two attached hydrogens (primary N) is 1. The van der Waals surface area contributed by atoms with Gasteiger partial charge < -0.3 is 49.3 Å². The Hall–Kier alpha value is -7.41. The number of esters is 2. The number of nitrogens with one attached hydrogen (secondary N) is 2. The molecule has 3 amide bonds. The molecule has 1 aliphatic rings. The number of carbonyl (C=O) groups excluding carboxylic acids is 6. The summed E-state index contributed by atoms with van der Waals surface area (Å²) in [7, 11) is 0. The zero-order valence-corrected chi connectivity index (χ0v) is 37.7. The molecule has 0 aliphatic heterocycles. The average Bonchev–Trinajstić information content (AvgIpc) is 4.03. The second kappa shape index (κ2) is 21.5. The van der Waals surface area contributed by atoms with Crippen LogP contribution >= 0.6 is 0 Å². The first-order valence-corrected chi connectivity index (χ1v) is 21.0. The number of ether oxygens (including phenoxy) is 4. The predicted octanol–water partition coefficient (Wildman–Crippen LogP) is 5.94. The molecule has 5 N–H and O–H groups in total. The van der Waals surface area contributed by atoms with E-state index in [9.17, 15) is 38.7 Å². The van der Waals surface area contributed by atoms with Gasteiger partial charge in [0.15, 0.2) is 29.6 Å². The Bertz CT molecular complexity index is 2580. The molecule has 2 heterocycles. The van der Waals surface area contributed by atoms with E-state index in [4.69, 9.17) is 33.5 Å². The second-order valence-electron chi connectivity index (χ2n) is 16.8. The number of benzene rings is 2. The molecule has 2 aromatic heterocycles. The van der Waals surface area contributed by atoms with E-state index in [-0.39, 0.29) is 57.4 Å². The van der Waals surface area contributed by atoms with E-state index in [2.05, 4.69) is 27.2 Å². The van der Waals surface area contributed by atoms with Gasteiger partial charge in [-0.05, 0) is 98.9 Å². The third-order valence-electron chi connectivity index (χ3n) is 9.97. The first-order valence-electron chi connectivity index (χ1n) is 21.0. The lowest BCUT2D eigenvalue weighted by Crippen LogP contribution is -2.48.